The summed E-state index contributed by atoms with van der Waals surface area (Å²) < 4.78 is 36.0. The molecule has 0 saturated heterocycles. The lowest BCUT2D eigenvalue weighted by Gasteiger charge is -1.97. The molecule has 0 bridgehead atoms. The Balaban J connectivity index is 2.39. The second kappa shape index (κ2) is 5.86. The molecular weight excluding hydrogens is 234 g/mol. The second-order valence-corrected chi connectivity index (χ2v) is 4.94. The van der Waals surface area contributed by atoms with Crippen LogP contribution in [0.3, 0.4) is 0 Å². The Morgan fingerprint density at radius 1 is 1.50 bits per heavy atom. The van der Waals surface area contributed by atoms with E-state index in [9.17, 15) is 8.42 Å². The maximum absolute atomic E-state index is 10.7. The molecule has 16 heavy (non-hydrogen) atoms. The van der Waals surface area contributed by atoms with Crippen molar-refractivity contribution in [3.05, 3.63) is 11.8 Å². The number of aromatic nitrogens is 1. The molecule has 1 rings (SSSR count). The van der Waals surface area contributed by atoms with Crippen LogP contribution >= 0.6 is 0 Å². The number of unbranched alkanes of at least 4 members (excludes halogenated alkanes) is 1. The molecule has 0 aromatic carbocycles. The van der Waals surface area contributed by atoms with Gasteiger partial charge in [-0.2, -0.15) is 8.42 Å². The molecule has 1 aromatic rings. The minimum absolute atomic E-state index is 0.164. The van der Waals surface area contributed by atoms with E-state index < -0.39 is 10.1 Å². The van der Waals surface area contributed by atoms with Gasteiger partial charge in [-0.25, -0.2) is 0 Å². The van der Waals surface area contributed by atoms with Crippen LogP contribution in [0.25, 0.3) is 0 Å². The summed E-state index contributed by atoms with van der Waals surface area (Å²) in [5, 5.41) is 3.62. The highest BCUT2D eigenvalue weighted by Gasteiger charge is 2.08. The predicted molar refractivity (Wildman–Crippen MR) is 56.5 cm³/mol. The number of ether oxygens (including phenoxy) is 1. The number of nitrogens with zero attached hydrogens (tertiary/aromatic N) is 1. The fourth-order valence-corrected chi connectivity index (χ4v) is 1.25. The van der Waals surface area contributed by atoms with Gasteiger partial charge in [0.15, 0.2) is 5.76 Å². The fourth-order valence-electron chi connectivity index (χ4n) is 0.916. The summed E-state index contributed by atoms with van der Waals surface area (Å²) in [6.45, 7) is 2.45. The van der Waals surface area contributed by atoms with E-state index in [1.165, 1.54) is 6.07 Å². The maximum Gasteiger partial charge on any atom is 0.264 e. The fraction of sp³-hybridized carbons (Fsp3) is 0.667. The molecule has 0 saturated carbocycles. The van der Waals surface area contributed by atoms with Crippen LogP contribution < -0.4 is 4.74 Å². The van der Waals surface area contributed by atoms with E-state index in [0.717, 1.165) is 19.1 Å². The Morgan fingerprint density at radius 2 is 2.25 bits per heavy atom. The SMILES string of the molecule is CCCCOc1cc(COS(C)(=O)=O)on1. The molecular formula is C9H15NO5S. The summed E-state index contributed by atoms with van der Waals surface area (Å²) in [6.07, 6.45) is 2.94. The smallest absolute Gasteiger partial charge is 0.264 e. The van der Waals surface area contributed by atoms with Gasteiger partial charge < -0.3 is 9.26 Å². The lowest BCUT2D eigenvalue weighted by Crippen LogP contribution is -2.01. The Kier molecular flexibility index (Phi) is 4.75. The largest absolute Gasteiger partial charge is 0.476 e. The highest BCUT2D eigenvalue weighted by atomic mass is 32.2. The molecule has 0 aliphatic carbocycles. The van der Waals surface area contributed by atoms with E-state index in [1.807, 2.05) is 0 Å². The summed E-state index contributed by atoms with van der Waals surface area (Å²) >= 11 is 0. The van der Waals surface area contributed by atoms with E-state index in [4.69, 9.17) is 9.26 Å². The Hall–Kier alpha value is -1.08. The molecule has 92 valence electrons. The summed E-state index contributed by atoms with van der Waals surface area (Å²) in [5.74, 6) is 0.664. The Labute approximate surface area is 94.6 Å². The highest BCUT2D eigenvalue weighted by molar-refractivity contribution is 7.85. The van der Waals surface area contributed by atoms with Crippen molar-refractivity contribution in [3.63, 3.8) is 0 Å². The molecule has 1 heterocycles. The second-order valence-electron chi connectivity index (χ2n) is 3.30. The van der Waals surface area contributed by atoms with Crippen LogP contribution in [-0.2, 0) is 20.9 Å². The van der Waals surface area contributed by atoms with Gasteiger partial charge in [0.1, 0.15) is 6.61 Å². The molecule has 1 aromatic heterocycles. The maximum atomic E-state index is 10.7. The van der Waals surface area contributed by atoms with Crippen LogP contribution in [-0.4, -0.2) is 26.4 Å². The molecule has 6 nitrogen and oxygen atoms in total. The third-order valence-electron chi connectivity index (χ3n) is 1.70. The standard InChI is InChI=1S/C9H15NO5S/c1-3-4-5-13-9-6-8(15-10-9)7-14-16(2,11)12/h6H,3-5,7H2,1-2H3. The molecule has 0 fully saturated rings. The van der Waals surface area contributed by atoms with Gasteiger partial charge in [0, 0.05) is 6.07 Å². The first-order valence-electron chi connectivity index (χ1n) is 4.94. The van der Waals surface area contributed by atoms with Crippen molar-refractivity contribution >= 4 is 10.1 Å². The Morgan fingerprint density at radius 3 is 2.88 bits per heavy atom. The van der Waals surface area contributed by atoms with Gasteiger partial charge in [0.25, 0.3) is 16.0 Å². The van der Waals surface area contributed by atoms with Crippen molar-refractivity contribution in [3.8, 4) is 5.88 Å². The van der Waals surface area contributed by atoms with E-state index in [2.05, 4.69) is 16.3 Å². The van der Waals surface area contributed by atoms with Crippen molar-refractivity contribution in [2.75, 3.05) is 12.9 Å². The van der Waals surface area contributed by atoms with Gasteiger partial charge >= 0.3 is 0 Å². The summed E-state index contributed by atoms with van der Waals surface area (Å²) in [6, 6.07) is 1.51. The minimum Gasteiger partial charge on any atom is -0.476 e. The third kappa shape index (κ3) is 5.13. The molecule has 7 heteroatoms. The van der Waals surface area contributed by atoms with E-state index >= 15 is 0 Å². The molecule has 0 amide bonds. The zero-order valence-electron chi connectivity index (χ0n) is 9.30. The topological polar surface area (TPSA) is 78.6 Å². The minimum atomic E-state index is -3.46. The van der Waals surface area contributed by atoms with Gasteiger partial charge in [-0.15, -0.1) is 0 Å². The molecule has 0 aliphatic heterocycles. The van der Waals surface area contributed by atoms with Crippen molar-refractivity contribution < 1.29 is 21.9 Å². The first-order valence-corrected chi connectivity index (χ1v) is 6.75. The van der Waals surface area contributed by atoms with E-state index in [1.54, 1.807) is 0 Å². The number of rotatable bonds is 7. The molecule has 0 unspecified atom stereocenters. The van der Waals surface area contributed by atoms with Gasteiger partial charge in [-0.05, 0) is 11.6 Å². The van der Waals surface area contributed by atoms with Crippen LogP contribution in [0.4, 0.5) is 0 Å². The Bertz CT molecular complexity index is 411. The number of hydrogen-bond acceptors (Lipinski definition) is 6. The predicted octanol–water partition coefficient (Wildman–Crippen LogP) is 1.33. The third-order valence-corrected chi connectivity index (χ3v) is 2.25. The van der Waals surface area contributed by atoms with Crippen LogP contribution in [0.1, 0.15) is 25.5 Å². The van der Waals surface area contributed by atoms with E-state index in [-0.39, 0.29) is 6.61 Å². The van der Waals surface area contributed by atoms with Crippen LogP contribution in [0.5, 0.6) is 5.88 Å². The highest BCUT2D eigenvalue weighted by Crippen LogP contribution is 2.13. The van der Waals surface area contributed by atoms with Crippen molar-refractivity contribution in [1.29, 1.82) is 0 Å². The first-order chi connectivity index (χ1) is 7.51. The molecule has 0 spiro atoms. The van der Waals surface area contributed by atoms with Gasteiger partial charge in [0.2, 0.25) is 0 Å². The zero-order valence-corrected chi connectivity index (χ0v) is 10.1. The van der Waals surface area contributed by atoms with Gasteiger partial charge in [0.05, 0.1) is 12.9 Å². The van der Waals surface area contributed by atoms with Crippen molar-refractivity contribution in [2.24, 2.45) is 0 Å². The van der Waals surface area contributed by atoms with Crippen LogP contribution in [0.2, 0.25) is 0 Å². The summed E-state index contributed by atoms with van der Waals surface area (Å²) in [7, 11) is -3.46. The first kappa shape index (κ1) is 13.0. The molecule has 0 atom stereocenters. The molecule has 0 N–H and O–H groups in total. The van der Waals surface area contributed by atoms with Crippen LogP contribution in [0, 0.1) is 0 Å². The lowest BCUT2D eigenvalue weighted by molar-refractivity contribution is 0.241. The van der Waals surface area contributed by atoms with Crippen LogP contribution in [0.15, 0.2) is 10.6 Å². The van der Waals surface area contributed by atoms with Crippen molar-refractivity contribution in [1.82, 2.24) is 5.16 Å². The molecule has 0 radical (unpaired) electrons. The van der Waals surface area contributed by atoms with Crippen molar-refractivity contribution in [2.45, 2.75) is 26.4 Å². The number of hydrogen-bond donors (Lipinski definition) is 0. The van der Waals surface area contributed by atoms with Gasteiger partial charge in [-0.1, -0.05) is 13.3 Å². The lowest BCUT2D eigenvalue weighted by atomic mass is 10.4. The summed E-state index contributed by atoms with van der Waals surface area (Å²) in [4.78, 5) is 0. The summed E-state index contributed by atoms with van der Waals surface area (Å²) in [5.41, 5.74) is 0. The molecule has 0 aliphatic rings. The average molecular weight is 249 g/mol. The van der Waals surface area contributed by atoms with Gasteiger partial charge in [-0.3, -0.25) is 4.18 Å². The quantitative estimate of drug-likeness (QED) is 0.536. The monoisotopic (exact) mass is 249 g/mol. The average Bonchev–Trinajstić information content (AvgIpc) is 2.62. The zero-order chi connectivity index (χ0) is 12.0. The van der Waals surface area contributed by atoms with E-state index in [0.29, 0.717) is 18.2 Å². The normalized spacial score (nSPS) is 11.6.